The molecule has 33 heavy (non-hydrogen) atoms. The summed E-state index contributed by atoms with van der Waals surface area (Å²) in [5.41, 5.74) is 1.70. The molecule has 4 rings (SSSR count). The number of halogens is 1. The van der Waals surface area contributed by atoms with Crippen molar-refractivity contribution in [1.29, 1.82) is 0 Å². The maximum Gasteiger partial charge on any atom is 0.246 e. The van der Waals surface area contributed by atoms with E-state index in [0.717, 1.165) is 17.0 Å². The van der Waals surface area contributed by atoms with Crippen molar-refractivity contribution >= 4 is 41.5 Å². The predicted octanol–water partition coefficient (Wildman–Crippen LogP) is 1.65. The molecule has 2 aromatic heterocycles. The molecule has 0 aliphatic carbocycles. The molecule has 0 radical (unpaired) electrons. The maximum absolute atomic E-state index is 12.7. The fourth-order valence-electron chi connectivity index (χ4n) is 3.49. The van der Waals surface area contributed by atoms with Gasteiger partial charge in [0.05, 0.1) is 19.0 Å². The molecule has 0 spiro atoms. The lowest BCUT2D eigenvalue weighted by molar-refractivity contribution is -0.120. The first-order valence-electron chi connectivity index (χ1n) is 10.5. The number of nitrogens with zero attached hydrogens (tertiary/aromatic N) is 7. The molecule has 1 amide bonds. The van der Waals surface area contributed by atoms with Gasteiger partial charge in [-0.05, 0) is 31.2 Å². The summed E-state index contributed by atoms with van der Waals surface area (Å²) in [6.45, 7) is 4.50. The van der Waals surface area contributed by atoms with Crippen molar-refractivity contribution < 1.29 is 9.53 Å². The van der Waals surface area contributed by atoms with E-state index in [2.05, 4.69) is 30.6 Å². The Kier molecular flexibility index (Phi) is 8.25. The van der Waals surface area contributed by atoms with Crippen LogP contribution in [0.3, 0.4) is 0 Å². The number of aromatic amines is 1. The summed E-state index contributed by atoms with van der Waals surface area (Å²) in [7, 11) is 3.47. The third-order valence-electron chi connectivity index (χ3n) is 5.12. The van der Waals surface area contributed by atoms with E-state index in [1.807, 2.05) is 49.3 Å². The van der Waals surface area contributed by atoms with Gasteiger partial charge < -0.3 is 19.9 Å². The number of nitrogens with one attached hydrogen (secondary N) is 2. The second kappa shape index (κ2) is 11.1. The lowest BCUT2D eigenvalue weighted by Gasteiger charge is -2.35. The van der Waals surface area contributed by atoms with Crippen molar-refractivity contribution in [3.8, 4) is 17.1 Å². The molecule has 1 aliphatic heterocycles. The van der Waals surface area contributed by atoms with Gasteiger partial charge in [0.1, 0.15) is 24.7 Å². The number of anilines is 1. The fraction of sp³-hybridized carbons (Fsp3) is 0.381. The molecule has 3 aromatic rings. The maximum atomic E-state index is 12.7. The first kappa shape index (κ1) is 24.5. The van der Waals surface area contributed by atoms with Crippen molar-refractivity contribution in [3.05, 3.63) is 42.5 Å². The lowest BCUT2D eigenvalue weighted by Crippen LogP contribution is -2.55. The van der Waals surface area contributed by atoms with Crippen LogP contribution in [-0.4, -0.2) is 75.0 Å². The van der Waals surface area contributed by atoms with Gasteiger partial charge in [0.15, 0.2) is 11.8 Å². The summed E-state index contributed by atoms with van der Waals surface area (Å²) in [5.74, 6) is 2.71. The van der Waals surface area contributed by atoms with Gasteiger partial charge in [-0.1, -0.05) is 0 Å². The topological polar surface area (TPSA) is 117 Å². The van der Waals surface area contributed by atoms with E-state index in [-0.39, 0.29) is 36.4 Å². The Morgan fingerprint density at radius 2 is 2.06 bits per heavy atom. The van der Waals surface area contributed by atoms with Gasteiger partial charge in [0.2, 0.25) is 5.91 Å². The Balaban J connectivity index is 0.00000306. The number of aromatic nitrogens is 5. The first-order chi connectivity index (χ1) is 15.6. The van der Waals surface area contributed by atoms with Crippen molar-refractivity contribution in [3.63, 3.8) is 0 Å². The highest BCUT2D eigenvalue weighted by Gasteiger charge is 2.27. The van der Waals surface area contributed by atoms with Crippen LogP contribution in [0.5, 0.6) is 5.75 Å². The van der Waals surface area contributed by atoms with E-state index < -0.39 is 0 Å². The minimum Gasteiger partial charge on any atom is -0.497 e. The van der Waals surface area contributed by atoms with Gasteiger partial charge in [-0.3, -0.25) is 14.6 Å². The summed E-state index contributed by atoms with van der Waals surface area (Å²) in [5, 5.41) is 14.7. The normalized spacial score (nSPS) is 14.3. The number of ether oxygens (including phenoxy) is 1. The molecule has 1 aliphatic rings. The molecule has 0 unspecified atom stereocenters. The zero-order chi connectivity index (χ0) is 22.5. The van der Waals surface area contributed by atoms with Gasteiger partial charge in [0, 0.05) is 38.4 Å². The Hall–Kier alpha value is -3.16. The smallest absolute Gasteiger partial charge is 0.246 e. The number of rotatable bonds is 6. The zero-order valence-corrected chi connectivity index (χ0v) is 21.2. The highest BCUT2D eigenvalue weighted by atomic mass is 127. The molecule has 176 valence electrons. The highest BCUT2D eigenvalue weighted by Crippen LogP contribution is 2.19. The Morgan fingerprint density at radius 3 is 2.70 bits per heavy atom. The third kappa shape index (κ3) is 5.80. The SMILES string of the molecule is CCNC(=NCc1nc(-c2ccc(OC)cc2)n[nH]1)N1CCN(c2cnn(C)c2)C(=O)C1.I. The standard InChI is InChI=1S/C21H27N9O2.HI/c1-4-22-21(29-9-10-30(19(31)14-29)16-11-24-28(2)13-16)23-12-18-25-20(27-26-18)15-5-7-17(32-3)8-6-15;/h5-8,11,13H,4,9-10,12,14H2,1-3H3,(H,22,23)(H,25,26,27);1H. The van der Waals surface area contributed by atoms with E-state index in [0.29, 0.717) is 43.8 Å². The number of aliphatic imine (C=N–C) groups is 1. The molecule has 0 saturated carbocycles. The van der Waals surface area contributed by atoms with Gasteiger partial charge >= 0.3 is 0 Å². The Morgan fingerprint density at radius 1 is 1.27 bits per heavy atom. The second-order valence-corrected chi connectivity index (χ2v) is 7.34. The number of guanidine groups is 1. The predicted molar refractivity (Wildman–Crippen MR) is 136 cm³/mol. The summed E-state index contributed by atoms with van der Waals surface area (Å²) in [4.78, 5) is 25.6. The minimum atomic E-state index is 0. The molecule has 1 aromatic carbocycles. The molecule has 12 heteroatoms. The monoisotopic (exact) mass is 565 g/mol. The number of H-pyrrole nitrogens is 1. The van der Waals surface area contributed by atoms with Crippen LogP contribution in [0.4, 0.5) is 5.69 Å². The number of piperazine rings is 1. The quantitative estimate of drug-likeness (QED) is 0.265. The van der Waals surface area contributed by atoms with Crippen LogP contribution in [0.25, 0.3) is 11.4 Å². The van der Waals surface area contributed by atoms with E-state index in [4.69, 9.17) is 4.74 Å². The molecule has 3 heterocycles. The van der Waals surface area contributed by atoms with Crippen LogP contribution in [0, 0.1) is 0 Å². The van der Waals surface area contributed by atoms with Crippen LogP contribution >= 0.6 is 24.0 Å². The molecule has 0 bridgehead atoms. The van der Waals surface area contributed by atoms with Crippen molar-refractivity contribution in [1.82, 2.24) is 35.2 Å². The second-order valence-electron chi connectivity index (χ2n) is 7.34. The Bertz CT molecular complexity index is 1090. The molecule has 11 nitrogen and oxygen atoms in total. The van der Waals surface area contributed by atoms with Crippen molar-refractivity contribution in [2.24, 2.45) is 12.0 Å². The number of carbonyl (C=O) groups is 1. The van der Waals surface area contributed by atoms with Crippen molar-refractivity contribution in [2.75, 3.05) is 38.2 Å². The van der Waals surface area contributed by atoms with Crippen LogP contribution < -0.4 is 15.0 Å². The summed E-state index contributed by atoms with van der Waals surface area (Å²) < 4.78 is 6.88. The van der Waals surface area contributed by atoms with Gasteiger partial charge in [-0.25, -0.2) is 9.98 Å². The van der Waals surface area contributed by atoms with Gasteiger partial charge in [-0.2, -0.15) is 10.2 Å². The number of hydrogen-bond acceptors (Lipinski definition) is 6. The average Bonchev–Trinajstić information content (AvgIpc) is 3.46. The Labute approximate surface area is 209 Å². The highest BCUT2D eigenvalue weighted by molar-refractivity contribution is 14.0. The lowest BCUT2D eigenvalue weighted by atomic mass is 10.2. The van der Waals surface area contributed by atoms with Crippen LogP contribution in [0.2, 0.25) is 0 Å². The first-order valence-corrected chi connectivity index (χ1v) is 10.5. The number of hydrogen-bond donors (Lipinski definition) is 2. The van der Waals surface area contributed by atoms with E-state index in [1.54, 1.807) is 22.9 Å². The van der Waals surface area contributed by atoms with Gasteiger partial charge in [0.25, 0.3) is 0 Å². The fourth-order valence-corrected chi connectivity index (χ4v) is 3.49. The number of benzene rings is 1. The van der Waals surface area contributed by atoms with E-state index >= 15 is 0 Å². The average molecular weight is 565 g/mol. The van der Waals surface area contributed by atoms with Crippen LogP contribution in [0.1, 0.15) is 12.7 Å². The zero-order valence-electron chi connectivity index (χ0n) is 18.9. The molecular weight excluding hydrogens is 537 g/mol. The minimum absolute atomic E-state index is 0. The van der Waals surface area contributed by atoms with Gasteiger partial charge in [-0.15, -0.1) is 24.0 Å². The largest absolute Gasteiger partial charge is 0.497 e. The van der Waals surface area contributed by atoms with E-state index in [9.17, 15) is 4.79 Å². The third-order valence-corrected chi connectivity index (χ3v) is 5.12. The number of methoxy groups -OCH3 is 1. The molecule has 1 saturated heterocycles. The molecule has 2 N–H and O–H groups in total. The van der Waals surface area contributed by atoms with E-state index in [1.165, 1.54) is 0 Å². The molecule has 1 fully saturated rings. The summed E-state index contributed by atoms with van der Waals surface area (Å²) >= 11 is 0. The van der Waals surface area contributed by atoms with Crippen molar-refractivity contribution in [2.45, 2.75) is 13.5 Å². The summed E-state index contributed by atoms with van der Waals surface area (Å²) in [6.07, 6.45) is 3.55. The van der Waals surface area contributed by atoms with Crippen LogP contribution in [-0.2, 0) is 18.4 Å². The molecular formula is C21H28IN9O2. The molecule has 0 atom stereocenters. The van der Waals surface area contributed by atoms with Crippen LogP contribution in [0.15, 0.2) is 41.7 Å². The summed E-state index contributed by atoms with van der Waals surface area (Å²) in [6, 6.07) is 7.56. The number of aryl methyl sites for hydroxylation is 1. The number of carbonyl (C=O) groups excluding carboxylic acids is 1. The number of amides is 1.